The van der Waals surface area contributed by atoms with Gasteiger partial charge in [0, 0.05) is 37.7 Å². The molecule has 2 atom stereocenters. The van der Waals surface area contributed by atoms with Crippen molar-refractivity contribution in [2.45, 2.75) is 12.5 Å². The summed E-state index contributed by atoms with van der Waals surface area (Å²) in [6, 6.07) is 18.7. The molecule has 2 aliphatic rings. The molecular weight excluding hydrogens is 272 g/mol. The van der Waals surface area contributed by atoms with Gasteiger partial charge in [-0.1, -0.05) is 48.5 Å². The molecule has 1 saturated heterocycles. The zero-order chi connectivity index (χ0) is 14.9. The number of carbonyl (C=O) groups excluding carboxylic acids is 1. The molecule has 2 aromatic rings. The number of hydrogen-bond acceptors (Lipinski definition) is 2. The van der Waals surface area contributed by atoms with Gasteiger partial charge in [0.15, 0.2) is 0 Å². The molecular formula is C19H20N2O. The second-order valence-electron chi connectivity index (χ2n) is 6.34. The van der Waals surface area contributed by atoms with Crippen molar-refractivity contribution in [3.8, 4) is 0 Å². The van der Waals surface area contributed by atoms with Crippen LogP contribution in [0.4, 0.5) is 0 Å². The molecule has 1 N–H and O–H groups in total. The molecule has 2 heterocycles. The van der Waals surface area contributed by atoms with Gasteiger partial charge in [-0.15, -0.1) is 0 Å². The first-order valence-corrected chi connectivity index (χ1v) is 7.94. The monoisotopic (exact) mass is 292 g/mol. The molecule has 0 saturated carbocycles. The summed E-state index contributed by atoms with van der Waals surface area (Å²) in [7, 11) is 0. The number of hydrogen-bond donors (Lipinski definition) is 1. The summed E-state index contributed by atoms with van der Waals surface area (Å²) >= 11 is 0. The van der Waals surface area contributed by atoms with Gasteiger partial charge < -0.3 is 5.32 Å². The van der Waals surface area contributed by atoms with Crippen LogP contribution < -0.4 is 5.32 Å². The van der Waals surface area contributed by atoms with E-state index in [1.165, 1.54) is 11.1 Å². The van der Waals surface area contributed by atoms with Crippen LogP contribution in [0.25, 0.3) is 0 Å². The van der Waals surface area contributed by atoms with Crippen LogP contribution in [-0.2, 0) is 6.54 Å². The summed E-state index contributed by atoms with van der Waals surface area (Å²) in [5.74, 6) is 1.05. The number of rotatable bonds is 2. The maximum Gasteiger partial charge on any atom is 0.251 e. The third-order valence-corrected chi connectivity index (χ3v) is 4.90. The number of nitrogens with zero attached hydrogens (tertiary/aromatic N) is 1. The van der Waals surface area contributed by atoms with Crippen LogP contribution in [0.2, 0.25) is 0 Å². The zero-order valence-electron chi connectivity index (χ0n) is 12.5. The molecule has 2 unspecified atom stereocenters. The minimum atomic E-state index is 0.0830. The third-order valence-electron chi connectivity index (χ3n) is 4.90. The predicted molar refractivity (Wildman–Crippen MR) is 86.7 cm³/mol. The van der Waals surface area contributed by atoms with Crippen molar-refractivity contribution in [1.82, 2.24) is 10.2 Å². The average molecular weight is 292 g/mol. The van der Waals surface area contributed by atoms with Crippen LogP contribution in [0.15, 0.2) is 54.6 Å². The van der Waals surface area contributed by atoms with Gasteiger partial charge in [-0.05, 0) is 23.1 Å². The molecule has 1 amide bonds. The first-order valence-electron chi connectivity index (χ1n) is 7.94. The van der Waals surface area contributed by atoms with E-state index in [-0.39, 0.29) is 5.91 Å². The van der Waals surface area contributed by atoms with Crippen molar-refractivity contribution >= 4 is 5.91 Å². The Morgan fingerprint density at radius 3 is 2.64 bits per heavy atom. The number of benzene rings is 2. The van der Waals surface area contributed by atoms with E-state index < -0.39 is 0 Å². The molecule has 0 bridgehead atoms. The molecule has 4 rings (SSSR count). The van der Waals surface area contributed by atoms with Crippen molar-refractivity contribution in [2.75, 3.05) is 19.6 Å². The molecule has 22 heavy (non-hydrogen) atoms. The van der Waals surface area contributed by atoms with Crippen molar-refractivity contribution < 1.29 is 4.79 Å². The van der Waals surface area contributed by atoms with Crippen LogP contribution in [0.3, 0.4) is 0 Å². The lowest BCUT2D eigenvalue weighted by atomic mass is 9.87. The number of carbonyl (C=O) groups is 1. The fourth-order valence-corrected chi connectivity index (χ4v) is 3.84. The Bertz CT molecular complexity index is 683. The zero-order valence-corrected chi connectivity index (χ0v) is 12.5. The standard InChI is InChI=1S/C19H20N2O/c22-19-17-9-5-4-8-16(17)18-13-21(12-15(18)10-20-19)11-14-6-2-1-3-7-14/h1-9,15,18H,10-13H2,(H,20,22). The van der Waals surface area contributed by atoms with Gasteiger partial charge in [-0.3, -0.25) is 9.69 Å². The second kappa shape index (κ2) is 5.58. The van der Waals surface area contributed by atoms with E-state index in [2.05, 4.69) is 46.6 Å². The second-order valence-corrected chi connectivity index (χ2v) is 6.34. The van der Waals surface area contributed by atoms with E-state index in [1.54, 1.807) is 0 Å². The van der Waals surface area contributed by atoms with Gasteiger partial charge in [0.1, 0.15) is 0 Å². The third kappa shape index (κ3) is 2.42. The minimum Gasteiger partial charge on any atom is -0.352 e. The number of nitrogens with one attached hydrogen (secondary N) is 1. The highest BCUT2D eigenvalue weighted by atomic mass is 16.1. The first kappa shape index (κ1) is 13.5. The highest BCUT2D eigenvalue weighted by molar-refractivity contribution is 5.96. The normalized spacial score (nSPS) is 24.3. The SMILES string of the molecule is O=C1NCC2CN(Cc3ccccc3)CC2c2ccccc21. The predicted octanol–water partition coefficient (Wildman–Crippen LogP) is 2.65. The quantitative estimate of drug-likeness (QED) is 0.923. The molecule has 3 heteroatoms. The molecule has 0 aromatic heterocycles. The van der Waals surface area contributed by atoms with Gasteiger partial charge in [0.2, 0.25) is 0 Å². The van der Waals surface area contributed by atoms with Crippen molar-refractivity contribution in [3.05, 3.63) is 71.3 Å². The average Bonchev–Trinajstić information content (AvgIpc) is 2.91. The largest absolute Gasteiger partial charge is 0.352 e. The topological polar surface area (TPSA) is 32.3 Å². The van der Waals surface area contributed by atoms with Gasteiger partial charge in [0.05, 0.1) is 0 Å². The van der Waals surface area contributed by atoms with Crippen molar-refractivity contribution in [3.63, 3.8) is 0 Å². The van der Waals surface area contributed by atoms with E-state index in [9.17, 15) is 4.79 Å². The highest BCUT2D eigenvalue weighted by Crippen LogP contribution is 2.36. The van der Waals surface area contributed by atoms with E-state index in [0.717, 1.165) is 31.7 Å². The lowest BCUT2D eigenvalue weighted by molar-refractivity contribution is 0.0951. The van der Waals surface area contributed by atoms with Crippen LogP contribution in [0, 0.1) is 5.92 Å². The Hall–Kier alpha value is -2.13. The Labute approximate surface area is 131 Å². The first-order chi connectivity index (χ1) is 10.8. The van der Waals surface area contributed by atoms with Gasteiger partial charge >= 0.3 is 0 Å². The smallest absolute Gasteiger partial charge is 0.251 e. The Morgan fingerprint density at radius 1 is 1.00 bits per heavy atom. The van der Waals surface area contributed by atoms with Crippen LogP contribution >= 0.6 is 0 Å². The lowest BCUT2D eigenvalue weighted by Crippen LogP contribution is -2.29. The molecule has 2 aliphatic heterocycles. The fourth-order valence-electron chi connectivity index (χ4n) is 3.84. The van der Waals surface area contributed by atoms with Gasteiger partial charge in [-0.25, -0.2) is 0 Å². The highest BCUT2D eigenvalue weighted by Gasteiger charge is 2.37. The summed E-state index contributed by atoms with van der Waals surface area (Å²) in [6.45, 7) is 3.85. The van der Waals surface area contributed by atoms with E-state index in [1.807, 2.05) is 18.2 Å². The van der Waals surface area contributed by atoms with Gasteiger partial charge in [0.25, 0.3) is 5.91 Å². The maximum absolute atomic E-state index is 12.2. The maximum atomic E-state index is 12.2. The molecule has 3 nitrogen and oxygen atoms in total. The summed E-state index contributed by atoms with van der Waals surface area (Å²) in [4.78, 5) is 14.7. The molecule has 0 spiro atoms. The summed E-state index contributed by atoms with van der Waals surface area (Å²) < 4.78 is 0. The summed E-state index contributed by atoms with van der Waals surface area (Å²) in [6.07, 6.45) is 0. The Morgan fingerprint density at radius 2 is 1.77 bits per heavy atom. The number of likely N-dealkylation sites (tertiary alicyclic amines) is 1. The van der Waals surface area contributed by atoms with Crippen LogP contribution in [0.1, 0.15) is 27.4 Å². The van der Waals surface area contributed by atoms with E-state index in [4.69, 9.17) is 0 Å². The van der Waals surface area contributed by atoms with E-state index >= 15 is 0 Å². The molecule has 112 valence electrons. The summed E-state index contributed by atoms with van der Waals surface area (Å²) in [5, 5.41) is 3.09. The molecule has 2 aromatic carbocycles. The molecule has 0 radical (unpaired) electrons. The fraction of sp³-hybridized carbons (Fsp3) is 0.316. The lowest BCUT2D eigenvalue weighted by Gasteiger charge is -2.17. The Balaban J connectivity index is 1.58. The van der Waals surface area contributed by atoms with Crippen LogP contribution in [-0.4, -0.2) is 30.4 Å². The molecule has 0 aliphatic carbocycles. The van der Waals surface area contributed by atoms with Crippen LogP contribution in [0.5, 0.6) is 0 Å². The minimum absolute atomic E-state index is 0.0830. The van der Waals surface area contributed by atoms with Crippen molar-refractivity contribution in [1.29, 1.82) is 0 Å². The molecule has 1 fully saturated rings. The van der Waals surface area contributed by atoms with E-state index in [0.29, 0.717) is 11.8 Å². The summed E-state index contributed by atoms with van der Waals surface area (Å²) in [5.41, 5.74) is 3.44. The Kier molecular flexibility index (Phi) is 3.43. The number of amides is 1. The number of fused-ring (bicyclic) bond motifs is 3. The van der Waals surface area contributed by atoms with Crippen molar-refractivity contribution in [2.24, 2.45) is 5.92 Å². The van der Waals surface area contributed by atoms with Gasteiger partial charge in [-0.2, -0.15) is 0 Å².